The maximum atomic E-state index is 13.6. The van der Waals surface area contributed by atoms with Crippen LogP contribution in [0.1, 0.15) is 104 Å². The van der Waals surface area contributed by atoms with Crippen LogP contribution in [0.2, 0.25) is 0 Å². The largest absolute Gasteiger partial charge is 0.280 e. The molecule has 9 rings (SSSR count). The van der Waals surface area contributed by atoms with Gasteiger partial charge in [-0.15, -0.1) is 0 Å². The summed E-state index contributed by atoms with van der Waals surface area (Å²) in [6.45, 7) is 0. The molecule has 4 aliphatic rings. The summed E-state index contributed by atoms with van der Waals surface area (Å²) >= 11 is 0. The molecule has 0 aliphatic carbocycles. The van der Waals surface area contributed by atoms with Crippen LogP contribution in [0.15, 0.2) is 103 Å². The lowest BCUT2D eigenvalue weighted by Crippen LogP contribution is -2.45. The van der Waals surface area contributed by atoms with Gasteiger partial charge in [0, 0.05) is 11.1 Å². The fourth-order valence-corrected chi connectivity index (χ4v) is 6.76. The van der Waals surface area contributed by atoms with Gasteiger partial charge in [-0.05, 0) is 72.8 Å². The van der Waals surface area contributed by atoms with E-state index in [1.165, 1.54) is 66.7 Å². The third-order valence-corrected chi connectivity index (χ3v) is 9.49. The first-order valence-electron chi connectivity index (χ1n) is 16.5. The predicted molar refractivity (Wildman–Crippen MR) is 188 cm³/mol. The van der Waals surface area contributed by atoms with Gasteiger partial charge >= 0.3 is 0 Å². The maximum absolute atomic E-state index is 13.6. The predicted octanol–water partition coefficient (Wildman–Crippen LogP) is 2.56. The number of hydrazine groups is 2. The van der Waals surface area contributed by atoms with E-state index in [4.69, 9.17) is 0 Å². The Morgan fingerprint density at radius 1 is 0.375 bits per heavy atom. The van der Waals surface area contributed by atoms with Crippen molar-refractivity contribution in [3.63, 3.8) is 0 Å². The lowest BCUT2D eigenvalue weighted by atomic mass is 10.1. The topological polar surface area (TPSA) is 221 Å². The van der Waals surface area contributed by atoms with Crippen molar-refractivity contribution in [1.29, 1.82) is 0 Å². The van der Waals surface area contributed by atoms with Crippen molar-refractivity contribution in [2.75, 3.05) is 9.80 Å². The second-order valence-electron chi connectivity index (χ2n) is 12.6. The zero-order valence-electron chi connectivity index (χ0n) is 28.1. The summed E-state index contributed by atoms with van der Waals surface area (Å²) in [6.07, 6.45) is 0. The van der Waals surface area contributed by atoms with Crippen LogP contribution >= 0.6 is 0 Å². The Hall–Kier alpha value is -8.47. The normalized spacial score (nSPS) is 15.4. The quantitative estimate of drug-likeness (QED) is 0.241. The lowest BCUT2D eigenvalue weighted by Gasteiger charge is -2.17. The average Bonchev–Trinajstić information content (AvgIpc) is 3.81. The molecular formula is C39H19N7O10. The number of nitrogens with one attached hydrogen (secondary N) is 2. The van der Waals surface area contributed by atoms with Crippen LogP contribution in [-0.4, -0.2) is 74.1 Å². The lowest BCUT2D eigenvalue weighted by molar-refractivity contribution is 0.0513. The number of carbonyl (C=O) groups is 10. The Labute approximate surface area is 312 Å². The number of anilines is 2. The zero-order chi connectivity index (χ0) is 39.2. The van der Waals surface area contributed by atoms with Crippen LogP contribution in [0.4, 0.5) is 11.6 Å². The Bertz CT molecular complexity index is 2540. The molecule has 0 saturated carbocycles. The number of pyridine rings is 1. The fourth-order valence-electron chi connectivity index (χ4n) is 6.76. The standard InChI is InChI=1S/C39H19N7O10/c47-30(41-45-36(53)20-6-1-2-7-21(20)37(45)54)18-12-14-24-26(16-18)34(51)43(32(24)49)28-10-5-11-29(40-28)44-33(50)25-15-13-19(17-27(25)35(44)52)31(48)42-46-38(55)22-8-3-4-9-23(22)39(46)56/h1-17H,(H,41,47)(H,42,48). The number of hydrogen-bond donors (Lipinski definition) is 2. The van der Waals surface area contributed by atoms with E-state index >= 15 is 0 Å². The Balaban J connectivity index is 0.928. The minimum atomic E-state index is -0.906. The van der Waals surface area contributed by atoms with Crippen molar-refractivity contribution in [1.82, 2.24) is 25.9 Å². The first kappa shape index (κ1) is 33.4. The van der Waals surface area contributed by atoms with E-state index < -0.39 is 59.1 Å². The number of amides is 10. The molecule has 0 fully saturated rings. The molecular weight excluding hydrogens is 726 g/mol. The third-order valence-electron chi connectivity index (χ3n) is 9.49. The minimum Gasteiger partial charge on any atom is -0.268 e. The molecule has 56 heavy (non-hydrogen) atoms. The van der Waals surface area contributed by atoms with Crippen molar-refractivity contribution < 1.29 is 47.9 Å². The molecule has 5 heterocycles. The van der Waals surface area contributed by atoms with Gasteiger partial charge in [-0.2, -0.15) is 10.0 Å². The van der Waals surface area contributed by atoms with Gasteiger partial charge < -0.3 is 0 Å². The molecule has 4 aromatic carbocycles. The van der Waals surface area contributed by atoms with Gasteiger partial charge in [0.25, 0.3) is 59.1 Å². The summed E-state index contributed by atoms with van der Waals surface area (Å²) in [7, 11) is 0. The number of rotatable bonds is 6. The minimum absolute atomic E-state index is 0.0905. The molecule has 17 heteroatoms. The monoisotopic (exact) mass is 745 g/mol. The van der Waals surface area contributed by atoms with Crippen LogP contribution in [0.5, 0.6) is 0 Å². The van der Waals surface area contributed by atoms with Gasteiger partial charge in [-0.1, -0.05) is 30.3 Å². The molecule has 2 N–H and O–H groups in total. The number of nitrogens with zero attached hydrogens (tertiary/aromatic N) is 5. The molecule has 0 saturated heterocycles. The van der Waals surface area contributed by atoms with E-state index in [1.807, 2.05) is 0 Å². The third kappa shape index (κ3) is 4.77. The number of aromatic nitrogens is 1. The summed E-state index contributed by atoms with van der Waals surface area (Å²) < 4.78 is 0. The molecule has 0 unspecified atom stereocenters. The SMILES string of the molecule is O=C(NN1C(=O)c2ccccc2C1=O)c1ccc2c(c1)C(=O)N(c1cccc(N3C(=O)c4ccc(C(=O)NN5C(=O)c6ccccc6C5=O)cc4C3=O)n1)C2=O. The zero-order valence-corrected chi connectivity index (χ0v) is 28.1. The summed E-state index contributed by atoms with van der Waals surface area (Å²) in [5.74, 6) is -8.73. The van der Waals surface area contributed by atoms with E-state index in [0.29, 0.717) is 19.8 Å². The molecule has 270 valence electrons. The molecule has 10 amide bonds. The molecule has 1 aromatic heterocycles. The van der Waals surface area contributed by atoms with Crippen molar-refractivity contribution in [3.8, 4) is 0 Å². The molecule has 5 aromatic rings. The Morgan fingerprint density at radius 2 is 0.696 bits per heavy atom. The van der Waals surface area contributed by atoms with Crippen molar-refractivity contribution >= 4 is 70.7 Å². The van der Waals surface area contributed by atoms with Gasteiger partial charge in [0.05, 0.1) is 44.5 Å². The summed E-state index contributed by atoms with van der Waals surface area (Å²) in [4.78, 5) is 137. The molecule has 0 bridgehead atoms. The van der Waals surface area contributed by atoms with E-state index in [2.05, 4.69) is 15.8 Å². The number of carbonyl (C=O) groups excluding carboxylic acids is 10. The Kier molecular flexibility index (Phi) is 7.17. The van der Waals surface area contributed by atoms with E-state index in [9.17, 15) is 47.9 Å². The summed E-state index contributed by atoms with van der Waals surface area (Å²) in [5.41, 5.74) is 4.05. The fraction of sp³-hybridized carbons (Fsp3) is 0. The first-order chi connectivity index (χ1) is 26.9. The van der Waals surface area contributed by atoms with Crippen LogP contribution < -0.4 is 20.7 Å². The average molecular weight is 746 g/mol. The van der Waals surface area contributed by atoms with Crippen LogP contribution in [0.3, 0.4) is 0 Å². The van der Waals surface area contributed by atoms with Gasteiger partial charge in [0.15, 0.2) is 0 Å². The van der Waals surface area contributed by atoms with Crippen LogP contribution in [0.25, 0.3) is 0 Å². The van der Waals surface area contributed by atoms with Crippen LogP contribution in [0, 0.1) is 0 Å². The Morgan fingerprint density at radius 3 is 1.05 bits per heavy atom. The second kappa shape index (κ2) is 12.0. The summed E-state index contributed by atoms with van der Waals surface area (Å²) in [6, 6.07) is 23.1. The van der Waals surface area contributed by atoms with Gasteiger partial charge in [-0.3, -0.25) is 58.8 Å². The number of imide groups is 4. The van der Waals surface area contributed by atoms with Gasteiger partial charge in [0.2, 0.25) is 0 Å². The number of benzene rings is 4. The molecule has 0 atom stereocenters. The maximum Gasteiger partial charge on any atom is 0.280 e. The molecule has 4 aliphatic heterocycles. The van der Waals surface area contributed by atoms with Gasteiger partial charge in [0.1, 0.15) is 11.6 Å². The highest BCUT2D eigenvalue weighted by Crippen LogP contribution is 2.33. The van der Waals surface area contributed by atoms with Gasteiger partial charge in [-0.25, -0.2) is 14.8 Å². The van der Waals surface area contributed by atoms with E-state index in [0.717, 1.165) is 12.1 Å². The molecule has 0 radical (unpaired) electrons. The second-order valence-corrected chi connectivity index (χ2v) is 12.6. The number of hydrogen-bond acceptors (Lipinski definition) is 11. The van der Waals surface area contributed by atoms with E-state index in [-0.39, 0.29) is 67.3 Å². The van der Waals surface area contributed by atoms with Crippen molar-refractivity contribution in [2.45, 2.75) is 0 Å². The smallest absolute Gasteiger partial charge is 0.268 e. The van der Waals surface area contributed by atoms with Crippen LogP contribution in [-0.2, 0) is 0 Å². The number of fused-ring (bicyclic) bond motifs is 4. The van der Waals surface area contributed by atoms with Crippen molar-refractivity contribution in [2.24, 2.45) is 0 Å². The first-order valence-corrected chi connectivity index (χ1v) is 16.5. The highest BCUT2D eigenvalue weighted by atomic mass is 16.2. The van der Waals surface area contributed by atoms with E-state index in [1.54, 1.807) is 24.3 Å². The molecule has 0 spiro atoms. The highest BCUT2D eigenvalue weighted by Gasteiger charge is 2.43. The molecule has 17 nitrogen and oxygen atoms in total. The van der Waals surface area contributed by atoms with Crippen molar-refractivity contribution in [3.05, 3.63) is 159 Å². The summed E-state index contributed by atoms with van der Waals surface area (Å²) in [5, 5.41) is 1.11. The highest BCUT2D eigenvalue weighted by molar-refractivity contribution is 6.36.